The van der Waals surface area contributed by atoms with Crippen molar-refractivity contribution in [2.45, 2.75) is 38.5 Å². The van der Waals surface area contributed by atoms with E-state index >= 15 is 0 Å². The highest BCUT2D eigenvalue weighted by Crippen LogP contribution is 2.23. The summed E-state index contributed by atoms with van der Waals surface area (Å²) in [5.74, 6) is 0.0368. The first-order chi connectivity index (χ1) is 10.7. The van der Waals surface area contributed by atoms with Gasteiger partial charge in [0.05, 0.1) is 0 Å². The van der Waals surface area contributed by atoms with Crippen LogP contribution in [0.5, 0.6) is 0 Å². The number of halogens is 1. The number of H-pyrrole nitrogens is 1. The van der Waals surface area contributed by atoms with E-state index in [9.17, 15) is 4.79 Å². The monoisotopic (exact) mass is 316 g/mol. The van der Waals surface area contributed by atoms with Crippen LogP contribution in [0.25, 0.3) is 10.9 Å². The Balaban J connectivity index is 1.55. The minimum Gasteiger partial charge on any atom is -0.361 e. The van der Waals surface area contributed by atoms with Crippen molar-refractivity contribution in [1.82, 2.24) is 10.3 Å². The summed E-state index contributed by atoms with van der Waals surface area (Å²) in [4.78, 5) is 15.2. The number of fused-ring (bicyclic) bond motifs is 1. The van der Waals surface area contributed by atoms with E-state index in [4.69, 9.17) is 11.6 Å². The van der Waals surface area contributed by atoms with Crippen LogP contribution >= 0.6 is 11.6 Å². The van der Waals surface area contributed by atoms with Gasteiger partial charge in [0.15, 0.2) is 0 Å². The average Bonchev–Trinajstić information content (AvgIpc) is 2.91. The Bertz CT molecular complexity index is 694. The molecule has 0 atom stereocenters. The molecule has 3 nitrogen and oxygen atoms in total. The van der Waals surface area contributed by atoms with Crippen LogP contribution in [-0.4, -0.2) is 17.4 Å². The molecule has 0 bridgehead atoms. The van der Waals surface area contributed by atoms with Crippen LogP contribution in [0.4, 0.5) is 0 Å². The van der Waals surface area contributed by atoms with Crippen molar-refractivity contribution in [2.75, 3.05) is 6.54 Å². The number of hydrogen-bond donors (Lipinski definition) is 2. The Labute approximate surface area is 135 Å². The van der Waals surface area contributed by atoms with Crippen molar-refractivity contribution in [3.8, 4) is 0 Å². The van der Waals surface area contributed by atoms with Gasteiger partial charge >= 0.3 is 0 Å². The maximum absolute atomic E-state index is 11.9. The van der Waals surface area contributed by atoms with Gasteiger partial charge in [-0.2, -0.15) is 0 Å². The lowest BCUT2D eigenvalue weighted by molar-refractivity contribution is -0.116. The third-order valence-corrected chi connectivity index (χ3v) is 4.49. The maximum atomic E-state index is 11.9. The number of allylic oxidation sites excluding steroid dienone is 1. The predicted octanol–water partition coefficient (Wildman–Crippen LogP) is 4.37. The van der Waals surface area contributed by atoms with Crippen molar-refractivity contribution in [1.29, 1.82) is 0 Å². The highest BCUT2D eigenvalue weighted by atomic mass is 35.5. The third-order valence-electron chi connectivity index (χ3n) is 4.25. The molecule has 1 aliphatic carbocycles. The molecule has 4 heteroatoms. The first-order valence-corrected chi connectivity index (χ1v) is 8.33. The van der Waals surface area contributed by atoms with E-state index in [0.717, 1.165) is 35.2 Å². The topological polar surface area (TPSA) is 44.9 Å². The molecule has 1 fully saturated rings. The van der Waals surface area contributed by atoms with Crippen molar-refractivity contribution < 1.29 is 4.79 Å². The second-order valence-electron chi connectivity index (χ2n) is 5.91. The molecule has 0 aliphatic heterocycles. The predicted molar refractivity (Wildman–Crippen MR) is 91.2 cm³/mol. The normalized spacial score (nSPS) is 15.0. The zero-order chi connectivity index (χ0) is 15.4. The van der Waals surface area contributed by atoms with E-state index in [1.54, 1.807) is 6.08 Å². The van der Waals surface area contributed by atoms with Gasteiger partial charge in [0, 0.05) is 34.7 Å². The Morgan fingerprint density at radius 3 is 2.91 bits per heavy atom. The Kier molecular flexibility index (Phi) is 4.84. The smallest absolute Gasteiger partial charge is 0.243 e. The molecule has 2 N–H and O–H groups in total. The summed E-state index contributed by atoms with van der Waals surface area (Å²) < 4.78 is 0. The zero-order valence-electron chi connectivity index (χ0n) is 12.6. The van der Waals surface area contributed by atoms with Crippen LogP contribution in [0.15, 0.2) is 36.0 Å². The number of benzene rings is 1. The fourth-order valence-electron chi connectivity index (χ4n) is 3.06. The molecule has 1 aliphatic rings. The lowest BCUT2D eigenvalue weighted by Crippen LogP contribution is -2.24. The quantitative estimate of drug-likeness (QED) is 0.808. The van der Waals surface area contributed by atoms with Crippen LogP contribution in [0.2, 0.25) is 5.02 Å². The van der Waals surface area contributed by atoms with Gasteiger partial charge in [0.1, 0.15) is 0 Å². The molecule has 1 amide bonds. The highest BCUT2D eigenvalue weighted by Gasteiger charge is 2.08. The van der Waals surface area contributed by atoms with Crippen molar-refractivity contribution in [3.05, 3.63) is 46.6 Å². The molecule has 22 heavy (non-hydrogen) atoms. The standard InChI is InChI=1S/C18H21ClN2O/c19-15-6-7-17-16(11-15)14(12-21-17)8-9-20-18(22)10-13-4-2-1-3-5-13/h6-7,10-12,21H,1-5,8-9H2,(H,20,22). The first-order valence-electron chi connectivity index (χ1n) is 7.95. The third kappa shape index (κ3) is 3.72. The molecule has 0 saturated heterocycles. The zero-order valence-corrected chi connectivity index (χ0v) is 13.4. The fourth-order valence-corrected chi connectivity index (χ4v) is 3.24. The molecule has 0 radical (unpaired) electrons. The number of amides is 1. The van der Waals surface area contributed by atoms with Crippen molar-refractivity contribution >= 4 is 28.4 Å². The number of aromatic amines is 1. The minimum atomic E-state index is 0.0368. The molecule has 116 valence electrons. The van der Waals surface area contributed by atoms with E-state index < -0.39 is 0 Å². The molecule has 1 saturated carbocycles. The van der Waals surface area contributed by atoms with Crippen LogP contribution in [-0.2, 0) is 11.2 Å². The van der Waals surface area contributed by atoms with Crippen LogP contribution < -0.4 is 5.32 Å². The van der Waals surface area contributed by atoms with E-state index in [0.29, 0.717) is 6.54 Å². The number of rotatable bonds is 4. The van der Waals surface area contributed by atoms with Gasteiger partial charge in [-0.15, -0.1) is 0 Å². The van der Waals surface area contributed by atoms with Crippen LogP contribution in [0.1, 0.15) is 37.7 Å². The number of aromatic nitrogens is 1. The van der Waals surface area contributed by atoms with E-state index in [-0.39, 0.29) is 5.91 Å². The number of hydrogen-bond acceptors (Lipinski definition) is 1. The Morgan fingerprint density at radius 2 is 2.09 bits per heavy atom. The van der Waals surface area contributed by atoms with Crippen LogP contribution in [0.3, 0.4) is 0 Å². The molecule has 0 unspecified atom stereocenters. The molecule has 3 rings (SSSR count). The van der Waals surface area contributed by atoms with Gasteiger partial charge < -0.3 is 10.3 Å². The largest absolute Gasteiger partial charge is 0.361 e. The second kappa shape index (κ2) is 7.01. The van der Waals surface area contributed by atoms with Gasteiger partial charge in [-0.1, -0.05) is 23.6 Å². The minimum absolute atomic E-state index is 0.0368. The number of carbonyl (C=O) groups excluding carboxylic acids is 1. The summed E-state index contributed by atoms with van der Waals surface area (Å²) in [6.45, 7) is 0.641. The van der Waals surface area contributed by atoms with E-state index in [1.165, 1.54) is 30.4 Å². The summed E-state index contributed by atoms with van der Waals surface area (Å²) in [6, 6.07) is 5.82. The van der Waals surface area contributed by atoms with E-state index in [1.807, 2.05) is 24.4 Å². The molecular weight excluding hydrogens is 296 g/mol. The molecule has 1 heterocycles. The molecule has 1 aromatic carbocycles. The van der Waals surface area contributed by atoms with Gasteiger partial charge in [0.2, 0.25) is 5.91 Å². The molecule has 1 aromatic heterocycles. The Hall–Kier alpha value is -1.74. The fraction of sp³-hybridized carbons (Fsp3) is 0.389. The summed E-state index contributed by atoms with van der Waals surface area (Å²) >= 11 is 6.05. The number of carbonyl (C=O) groups is 1. The highest BCUT2D eigenvalue weighted by molar-refractivity contribution is 6.31. The Morgan fingerprint density at radius 1 is 1.27 bits per heavy atom. The number of nitrogens with one attached hydrogen (secondary N) is 2. The summed E-state index contributed by atoms with van der Waals surface area (Å²) in [7, 11) is 0. The molecule has 0 spiro atoms. The molecule has 2 aromatic rings. The molecular formula is C18H21ClN2O. The summed E-state index contributed by atoms with van der Waals surface area (Å²) in [5.41, 5.74) is 3.56. The average molecular weight is 317 g/mol. The van der Waals surface area contributed by atoms with Gasteiger partial charge in [-0.25, -0.2) is 0 Å². The maximum Gasteiger partial charge on any atom is 0.243 e. The summed E-state index contributed by atoms with van der Waals surface area (Å²) in [6.07, 6.45) is 10.5. The van der Waals surface area contributed by atoms with Gasteiger partial charge in [-0.05, 0) is 55.9 Å². The van der Waals surface area contributed by atoms with Crippen molar-refractivity contribution in [3.63, 3.8) is 0 Å². The van der Waals surface area contributed by atoms with E-state index in [2.05, 4.69) is 10.3 Å². The van der Waals surface area contributed by atoms with Crippen molar-refractivity contribution in [2.24, 2.45) is 0 Å². The lowest BCUT2D eigenvalue weighted by atomic mass is 9.94. The lowest BCUT2D eigenvalue weighted by Gasteiger charge is -2.13. The van der Waals surface area contributed by atoms with Gasteiger partial charge in [0.25, 0.3) is 0 Å². The first kappa shape index (κ1) is 15.2. The van der Waals surface area contributed by atoms with Crippen LogP contribution in [0, 0.1) is 0 Å². The summed E-state index contributed by atoms with van der Waals surface area (Å²) in [5, 5.41) is 4.85. The SMILES string of the molecule is O=C(C=C1CCCCC1)NCCc1c[nH]c2ccc(Cl)cc12. The second-order valence-corrected chi connectivity index (χ2v) is 6.34. The van der Waals surface area contributed by atoms with Gasteiger partial charge in [-0.3, -0.25) is 4.79 Å².